The van der Waals surface area contributed by atoms with Crippen LogP contribution >= 0.6 is 11.6 Å². The van der Waals surface area contributed by atoms with Gasteiger partial charge in [-0.05, 0) is 37.5 Å². The van der Waals surface area contributed by atoms with Crippen LogP contribution in [0.5, 0.6) is 0 Å². The van der Waals surface area contributed by atoms with Gasteiger partial charge in [0.1, 0.15) is 11.0 Å². The van der Waals surface area contributed by atoms with Crippen LogP contribution in [0.3, 0.4) is 0 Å². The third-order valence-electron chi connectivity index (χ3n) is 4.46. The van der Waals surface area contributed by atoms with Crippen LogP contribution < -0.4 is 4.90 Å². The van der Waals surface area contributed by atoms with Gasteiger partial charge in [-0.3, -0.25) is 0 Å². The molecule has 1 saturated heterocycles. The van der Waals surface area contributed by atoms with Crippen LogP contribution in [0.15, 0.2) is 12.1 Å². The monoisotopic (exact) mass is 303 g/mol. The lowest BCUT2D eigenvalue weighted by Crippen LogP contribution is -2.27. The number of aromatic nitrogens is 2. The second-order valence-electron chi connectivity index (χ2n) is 5.99. The first-order valence-electron chi connectivity index (χ1n) is 7.50. The summed E-state index contributed by atoms with van der Waals surface area (Å²) in [6.07, 6.45) is 2.25. The van der Waals surface area contributed by atoms with Crippen molar-refractivity contribution in [3.63, 3.8) is 0 Å². The highest BCUT2D eigenvalue weighted by Gasteiger charge is 2.25. The number of anilines is 1. The SMILES string of the molecule is Cc1nc(Cl)c2cc3c(cc2n1)CCN3CC1CCOC1. The summed E-state index contributed by atoms with van der Waals surface area (Å²) in [5.41, 5.74) is 3.62. The molecular weight excluding hydrogens is 286 g/mol. The molecule has 1 unspecified atom stereocenters. The quantitative estimate of drug-likeness (QED) is 0.800. The first kappa shape index (κ1) is 13.3. The van der Waals surface area contributed by atoms with Gasteiger partial charge < -0.3 is 9.64 Å². The smallest absolute Gasteiger partial charge is 0.140 e. The van der Waals surface area contributed by atoms with Gasteiger partial charge >= 0.3 is 0 Å². The van der Waals surface area contributed by atoms with Gasteiger partial charge in [-0.2, -0.15) is 0 Å². The van der Waals surface area contributed by atoms with E-state index in [0.29, 0.717) is 11.1 Å². The van der Waals surface area contributed by atoms with Crippen molar-refractivity contribution in [2.45, 2.75) is 19.8 Å². The standard InChI is InChI=1S/C16H18ClN3O/c1-10-18-14-6-12-2-4-20(8-11-3-5-21-9-11)15(12)7-13(14)16(17)19-10/h6-7,11H,2-5,8-9H2,1H3. The van der Waals surface area contributed by atoms with Gasteiger partial charge in [0.25, 0.3) is 0 Å². The van der Waals surface area contributed by atoms with Crippen LogP contribution in [-0.4, -0.2) is 36.3 Å². The Hall–Kier alpha value is -1.39. The van der Waals surface area contributed by atoms with Crippen LogP contribution in [0.1, 0.15) is 17.8 Å². The van der Waals surface area contributed by atoms with Crippen molar-refractivity contribution >= 4 is 28.2 Å². The van der Waals surface area contributed by atoms with Gasteiger partial charge in [0.2, 0.25) is 0 Å². The average Bonchev–Trinajstić information content (AvgIpc) is 3.08. The van der Waals surface area contributed by atoms with Crippen LogP contribution in [0.4, 0.5) is 5.69 Å². The third-order valence-corrected chi connectivity index (χ3v) is 4.74. The second kappa shape index (κ2) is 5.11. The van der Waals surface area contributed by atoms with Gasteiger partial charge in [-0.15, -0.1) is 0 Å². The van der Waals surface area contributed by atoms with E-state index in [9.17, 15) is 0 Å². The molecule has 0 amide bonds. The summed E-state index contributed by atoms with van der Waals surface area (Å²) in [4.78, 5) is 11.2. The normalized spacial score (nSPS) is 21.2. The molecule has 1 fully saturated rings. The fourth-order valence-corrected chi connectivity index (χ4v) is 3.65. The van der Waals surface area contributed by atoms with Crippen molar-refractivity contribution in [3.8, 4) is 0 Å². The molecule has 1 atom stereocenters. The van der Waals surface area contributed by atoms with E-state index in [4.69, 9.17) is 16.3 Å². The zero-order valence-corrected chi connectivity index (χ0v) is 12.9. The predicted octanol–water partition coefficient (Wildman–Crippen LogP) is 2.99. The van der Waals surface area contributed by atoms with Gasteiger partial charge in [-0.25, -0.2) is 9.97 Å². The molecule has 2 aliphatic rings. The molecule has 2 aliphatic heterocycles. The van der Waals surface area contributed by atoms with Crippen LogP contribution in [0.25, 0.3) is 10.9 Å². The van der Waals surface area contributed by atoms with E-state index in [1.807, 2.05) is 6.92 Å². The molecule has 0 N–H and O–H groups in total. The van der Waals surface area contributed by atoms with E-state index >= 15 is 0 Å². The Morgan fingerprint density at radius 2 is 2.29 bits per heavy atom. The molecule has 21 heavy (non-hydrogen) atoms. The second-order valence-corrected chi connectivity index (χ2v) is 6.34. The number of benzene rings is 1. The van der Waals surface area contributed by atoms with Gasteiger partial charge in [0.05, 0.1) is 12.1 Å². The Balaban J connectivity index is 1.72. The zero-order valence-electron chi connectivity index (χ0n) is 12.1. The molecule has 0 radical (unpaired) electrons. The van der Waals surface area contributed by atoms with Crippen LogP contribution in [0, 0.1) is 12.8 Å². The Labute approximate surface area is 129 Å². The molecule has 4 rings (SSSR count). The average molecular weight is 304 g/mol. The maximum absolute atomic E-state index is 6.29. The molecule has 0 aliphatic carbocycles. The summed E-state index contributed by atoms with van der Waals surface area (Å²) >= 11 is 6.29. The fraction of sp³-hybridized carbons (Fsp3) is 0.500. The van der Waals surface area contributed by atoms with Gasteiger partial charge in [-0.1, -0.05) is 11.6 Å². The molecule has 4 nitrogen and oxygen atoms in total. The number of aryl methyl sites for hydroxylation is 1. The van der Waals surface area contributed by atoms with E-state index in [0.717, 1.165) is 49.5 Å². The van der Waals surface area contributed by atoms with Crippen molar-refractivity contribution in [1.82, 2.24) is 9.97 Å². The minimum atomic E-state index is 0.552. The molecule has 2 aromatic rings. The maximum Gasteiger partial charge on any atom is 0.140 e. The molecule has 0 bridgehead atoms. The number of halogens is 1. The highest BCUT2D eigenvalue weighted by molar-refractivity contribution is 6.34. The summed E-state index contributed by atoms with van der Waals surface area (Å²) in [6.45, 7) is 5.82. The number of ether oxygens (including phenoxy) is 1. The van der Waals surface area contributed by atoms with Gasteiger partial charge in [0.15, 0.2) is 0 Å². The molecular formula is C16H18ClN3O. The summed E-state index contributed by atoms with van der Waals surface area (Å²) in [5, 5.41) is 1.51. The van der Waals surface area contributed by atoms with E-state index in [2.05, 4.69) is 27.0 Å². The maximum atomic E-state index is 6.29. The number of hydrogen-bond donors (Lipinski definition) is 0. The summed E-state index contributed by atoms with van der Waals surface area (Å²) in [5.74, 6) is 1.38. The topological polar surface area (TPSA) is 38.2 Å². The Kier molecular flexibility index (Phi) is 3.23. The molecule has 110 valence electrons. The minimum absolute atomic E-state index is 0.552. The molecule has 0 saturated carbocycles. The Morgan fingerprint density at radius 1 is 1.38 bits per heavy atom. The number of nitrogens with zero attached hydrogens (tertiary/aromatic N) is 3. The summed E-state index contributed by atoms with van der Waals surface area (Å²) < 4.78 is 5.49. The molecule has 1 aromatic carbocycles. The summed E-state index contributed by atoms with van der Waals surface area (Å²) in [6, 6.07) is 4.34. The van der Waals surface area contributed by atoms with Crippen molar-refractivity contribution in [1.29, 1.82) is 0 Å². The van der Waals surface area contributed by atoms with Crippen LogP contribution in [-0.2, 0) is 11.2 Å². The molecule has 0 spiro atoms. The van der Waals surface area contributed by atoms with Crippen LogP contribution in [0.2, 0.25) is 5.15 Å². The third kappa shape index (κ3) is 2.36. The lowest BCUT2D eigenvalue weighted by Gasteiger charge is -2.22. The van der Waals surface area contributed by atoms with E-state index in [1.54, 1.807) is 0 Å². The Morgan fingerprint density at radius 3 is 3.10 bits per heavy atom. The molecule has 5 heteroatoms. The summed E-state index contributed by atoms with van der Waals surface area (Å²) in [7, 11) is 0. The van der Waals surface area contributed by atoms with Crippen molar-refractivity contribution < 1.29 is 4.74 Å². The number of hydrogen-bond acceptors (Lipinski definition) is 4. The highest BCUT2D eigenvalue weighted by atomic mass is 35.5. The highest BCUT2D eigenvalue weighted by Crippen LogP contribution is 2.35. The first-order valence-corrected chi connectivity index (χ1v) is 7.88. The predicted molar refractivity (Wildman–Crippen MR) is 84.1 cm³/mol. The fourth-order valence-electron chi connectivity index (χ4n) is 3.38. The lowest BCUT2D eigenvalue weighted by atomic mass is 10.1. The molecule has 1 aromatic heterocycles. The van der Waals surface area contributed by atoms with E-state index in [1.165, 1.54) is 17.7 Å². The van der Waals surface area contributed by atoms with Gasteiger partial charge in [0, 0.05) is 36.7 Å². The number of rotatable bonds is 2. The van der Waals surface area contributed by atoms with Crippen molar-refractivity contribution in [3.05, 3.63) is 28.7 Å². The van der Waals surface area contributed by atoms with Crippen molar-refractivity contribution in [2.75, 3.05) is 31.2 Å². The van der Waals surface area contributed by atoms with Crippen molar-refractivity contribution in [2.24, 2.45) is 5.92 Å². The first-order chi connectivity index (χ1) is 10.2. The zero-order chi connectivity index (χ0) is 14.4. The number of fused-ring (bicyclic) bond motifs is 2. The van der Waals surface area contributed by atoms with E-state index < -0.39 is 0 Å². The minimum Gasteiger partial charge on any atom is -0.381 e. The molecule has 3 heterocycles. The van der Waals surface area contributed by atoms with E-state index in [-0.39, 0.29) is 0 Å². The Bertz CT molecular complexity index is 697. The lowest BCUT2D eigenvalue weighted by molar-refractivity contribution is 0.186. The largest absolute Gasteiger partial charge is 0.381 e.